The summed E-state index contributed by atoms with van der Waals surface area (Å²) >= 11 is 1.59. The summed E-state index contributed by atoms with van der Waals surface area (Å²) in [6.07, 6.45) is 0.343. The number of para-hydroxylation sites is 1. The standard InChI is InChI=1S/C19H23N3O3S/c1-25-14-6-8-15(9-7-14)26-13-10-18(23)22-17-5-3-2-4-16(17)19(24)21-12-11-20/h2-9H,10-13,20H2,1H3,(H,21,24)(H,22,23). The highest BCUT2D eigenvalue weighted by Crippen LogP contribution is 2.22. The summed E-state index contributed by atoms with van der Waals surface area (Å²) in [5.41, 5.74) is 6.33. The predicted octanol–water partition coefficient (Wildman–Crippen LogP) is 2.50. The zero-order chi connectivity index (χ0) is 18.8. The third kappa shape index (κ3) is 6.09. The molecule has 0 saturated carbocycles. The number of nitrogens with two attached hydrogens (primary N) is 1. The fraction of sp³-hybridized carbons (Fsp3) is 0.263. The Kier molecular flexibility index (Phi) is 7.98. The van der Waals surface area contributed by atoms with E-state index in [9.17, 15) is 9.59 Å². The number of carbonyl (C=O) groups excluding carboxylic acids is 2. The lowest BCUT2D eigenvalue weighted by Gasteiger charge is -2.11. The number of rotatable bonds is 9. The molecule has 6 nitrogen and oxygen atoms in total. The normalized spacial score (nSPS) is 10.2. The SMILES string of the molecule is COc1ccc(SCCC(=O)Nc2ccccc2C(=O)NCCN)cc1. The molecule has 4 N–H and O–H groups in total. The minimum atomic E-state index is -0.251. The first-order chi connectivity index (χ1) is 12.6. The Hall–Kier alpha value is -2.51. The number of methoxy groups -OCH3 is 1. The molecule has 0 bridgehead atoms. The summed E-state index contributed by atoms with van der Waals surface area (Å²) in [5.74, 6) is 1.06. The molecule has 2 aromatic rings. The smallest absolute Gasteiger partial charge is 0.253 e. The van der Waals surface area contributed by atoms with Crippen LogP contribution >= 0.6 is 11.8 Å². The molecule has 0 aliphatic heterocycles. The molecule has 0 aromatic heterocycles. The molecule has 0 radical (unpaired) electrons. The molecule has 26 heavy (non-hydrogen) atoms. The lowest BCUT2D eigenvalue weighted by Crippen LogP contribution is -2.30. The number of hydrogen-bond acceptors (Lipinski definition) is 5. The maximum Gasteiger partial charge on any atom is 0.253 e. The zero-order valence-electron chi connectivity index (χ0n) is 14.7. The van der Waals surface area contributed by atoms with Crippen LogP contribution in [0.5, 0.6) is 5.75 Å². The van der Waals surface area contributed by atoms with Gasteiger partial charge in [-0.15, -0.1) is 11.8 Å². The summed E-state index contributed by atoms with van der Waals surface area (Å²) in [5, 5.41) is 5.51. The Bertz CT molecular complexity index is 735. The number of amides is 2. The third-order valence-corrected chi connectivity index (χ3v) is 4.55. The summed E-state index contributed by atoms with van der Waals surface area (Å²) in [6, 6.07) is 14.6. The molecule has 2 amide bonds. The molecule has 0 aliphatic rings. The highest BCUT2D eigenvalue weighted by atomic mass is 32.2. The molecule has 0 saturated heterocycles. The van der Waals surface area contributed by atoms with E-state index in [1.165, 1.54) is 0 Å². The number of benzene rings is 2. The quantitative estimate of drug-likeness (QED) is 0.587. The Morgan fingerprint density at radius 3 is 2.54 bits per heavy atom. The number of hydrogen-bond donors (Lipinski definition) is 3. The van der Waals surface area contributed by atoms with Crippen LogP contribution < -0.4 is 21.1 Å². The van der Waals surface area contributed by atoms with Gasteiger partial charge in [-0.1, -0.05) is 12.1 Å². The first-order valence-electron chi connectivity index (χ1n) is 8.28. The van der Waals surface area contributed by atoms with Crippen LogP contribution in [0.3, 0.4) is 0 Å². The van der Waals surface area contributed by atoms with Crippen molar-refractivity contribution >= 4 is 29.3 Å². The van der Waals surface area contributed by atoms with Crippen LogP contribution in [0.15, 0.2) is 53.4 Å². The van der Waals surface area contributed by atoms with Gasteiger partial charge in [0.05, 0.1) is 18.4 Å². The zero-order valence-corrected chi connectivity index (χ0v) is 15.5. The van der Waals surface area contributed by atoms with Gasteiger partial charge < -0.3 is 21.1 Å². The van der Waals surface area contributed by atoms with E-state index >= 15 is 0 Å². The largest absolute Gasteiger partial charge is 0.497 e. The molecular weight excluding hydrogens is 350 g/mol. The lowest BCUT2D eigenvalue weighted by molar-refractivity contribution is -0.115. The first-order valence-corrected chi connectivity index (χ1v) is 9.26. The highest BCUT2D eigenvalue weighted by molar-refractivity contribution is 7.99. The molecular formula is C19H23N3O3S. The van der Waals surface area contributed by atoms with Gasteiger partial charge in [0.1, 0.15) is 5.75 Å². The van der Waals surface area contributed by atoms with Crippen molar-refractivity contribution in [3.63, 3.8) is 0 Å². The number of thioether (sulfide) groups is 1. The van der Waals surface area contributed by atoms with Crippen LogP contribution in [0.25, 0.3) is 0 Å². The summed E-state index contributed by atoms with van der Waals surface area (Å²) in [7, 11) is 1.63. The maximum absolute atomic E-state index is 12.2. The molecule has 2 aromatic carbocycles. The first kappa shape index (κ1) is 19.8. The van der Waals surface area contributed by atoms with E-state index in [1.807, 2.05) is 24.3 Å². The Labute approximate surface area is 157 Å². The minimum absolute atomic E-state index is 0.134. The summed E-state index contributed by atoms with van der Waals surface area (Å²) < 4.78 is 5.12. The average molecular weight is 373 g/mol. The van der Waals surface area contributed by atoms with Gasteiger partial charge in [0.15, 0.2) is 0 Å². The van der Waals surface area contributed by atoms with Crippen LogP contribution in [0.1, 0.15) is 16.8 Å². The van der Waals surface area contributed by atoms with Gasteiger partial charge in [0, 0.05) is 30.2 Å². The fourth-order valence-corrected chi connectivity index (χ4v) is 3.07. The second-order valence-electron chi connectivity index (χ2n) is 5.41. The van der Waals surface area contributed by atoms with E-state index < -0.39 is 0 Å². The van der Waals surface area contributed by atoms with E-state index in [-0.39, 0.29) is 11.8 Å². The van der Waals surface area contributed by atoms with Gasteiger partial charge in [-0.3, -0.25) is 9.59 Å². The number of anilines is 1. The molecule has 0 fully saturated rings. The number of ether oxygens (including phenoxy) is 1. The molecule has 0 aliphatic carbocycles. The van der Waals surface area contributed by atoms with Gasteiger partial charge in [0.25, 0.3) is 5.91 Å². The van der Waals surface area contributed by atoms with E-state index in [0.29, 0.717) is 36.5 Å². The second-order valence-corrected chi connectivity index (χ2v) is 6.58. The Morgan fingerprint density at radius 2 is 1.85 bits per heavy atom. The monoisotopic (exact) mass is 373 g/mol. The molecule has 0 unspecified atom stereocenters. The maximum atomic E-state index is 12.2. The van der Waals surface area contributed by atoms with E-state index in [0.717, 1.165) is 10.6 Å². The lowest BCUT2D eigenvalue weighted by atomic mass is 10.1. The molecule has 0 atom stereocenters. The van der Waals surface area contributed by atoms with Crippen molar-refractivity contribution in [1.82, 2.24) is 5.32 Å². The highest BCUT2D eigenvalue weighted by Gasteiger charge is 2.12. The molecule has 7 heteroatoms. The Balaban J connectivity index is 1.86. The van der Waals surface area contributed by atoms with Crippen LogP contribution in [0.4, 0.5) is 5.69 Å². The van der Waals surface area contributed by atoms with Gasteiger partial charge in [0.2, 0.25) is 5.91 Å². The predicted molar refractivity (Wildman–Crippen MR) is 105 cm³/mol. The Morgan fingerprint density at radius 1 is 1.12 bits per heavy atom. The van der Waals surface area contributed by atoms with E-state index in [4.69, 9.17) is 10.5 Å². The second kappa shape index (κ2) is 10.5. The van der Waals surface area contributed by atoms with Crippen molar-refractivity contribution in [3.05, 3.63) is 54.1 Å². The molecule has 0 spiro atoms. The van der Waals surface area contributed by atoms with Crippen LogP contribution in [0.2, 0.25) is 0 Å². The van der Waals surface area contributed by atoms with Gasteiger partial charge in [-0.2, -0.15) is 0 Å². The third-order valence-electron chi connectivity index (χ3n) is 3.53. The molecule has 0 heterocycles. The van der Waals surface area contributed by atoms with Crippen LogP contribution in [-0.2, 0) is 4.79 Å². The topological polar surface area (TPSA) is 93.4 Å². The van der Waals surface area contributed by atoms with E-state index in [1.54, 1.807) is 43.1 Å². The number of nitrogens with one attached hydrogen (secondary N) is 2. The van der Waals surface area contributed by atoms with Crippen molar-refractivity contribution < 1.29 is 14.3 Å². The van der Waals surface area contributed by atoms with Crippen molar-refractivity contribution in [2.75, 3.05) is 31.3 Å². The van der Waals surface area contributed by atoms with Gasteiger partial charge >= 0.3 is 0 Å². The molecule has 138 valence electrons. The summed E-state index contributed by atoms with van der Waals surface area (Å²) in [4.78, 5) is 25.4. The van der Waals surface area contributed by atoms with Crippen LogP contribution in [0, 0.1) is 0 Å². The minimum Gasteiger partial charge on any atom is -0.497 e. The van der Waals surface area contributed by atoms with E-state index in [2.05, 4.69) is 10.6 Å². The van der Waals surface area contributed by atoms with Gasteiger partial charge in [-0.05, 0) is 36.4 Å². The van der Waals surface area contributed by atoms with Gasteiger partial charge in [-0.25, -0.2) is 0 Å². The van der Waals surface area contributed by atoms with Crippen molar-refractivity contribution in [2.24, 2.45) is 5.73 Å². The van der Waals surface area contributed by atoms with Crippen molar-refractivity contribution in [1.29, 1.82) is 0 Å². The van der Waals surface area contributed by atoms with Crippen LogP contribution in [-0.4, -0.2) is 37.8 Å². The van der Waals surface area contributed by atoms with Crippen molar-refractivity contribution in [3.8, 4) is 5.75 Å². The summed E-state index contributed by atoms with van der Waals surface area (Å²) in [6.45, 7) is 0.752. The average Bonchev–Trinajstić information content (AvgIpc) is 2.67. The number of carbonyl (C=O) groups is 2. The molecule has 2 rings (SSSR count). The van der Waals surface area contributed by atoms with Crippen molar-refractivity contribution in [2.45, 2.75) is 11.3 Å². The fourth-order valence-electron chi connectivity index (χ4n) is 2.22.